The molecule has 2 aromatic heterocycles. The third kappa shape index (κ3) is 3.55. The van der Waals surface area contributed by atoms with Gasteiger partial charge in [0.2, 0.25) is 0 Å². The number of rotatable bonds is 2. The van der Waals surface area contributed by atoms with E-state index in [-0.39, 0.29) is 5.02 Å². The maximum Gasteiger partial charge on any atom is 0.268 e. The van der Waals surface area contributed by atoms with Gasteiger partial charge >= 0.3 is 0 Å². The summed E-state index contributed by atoms with van der Waals surface area (Å²) in [5.41, 5.74) is 2.30. The minimum atomic E-state index is -1.15. The third-order valence-corrected chi connectivity index (χ3v) is 5.50. The first-order chi connectivity index (χ1) is 13.0. The standard InChI is InChI=1S/C18H11Cl2NO3S.C2H6/c1-25(23)11-4-2-3-9(7-11)14-15(20)18(22)21-16-12-8-10(19)5-6-13(12)24-17(14)16;1-2/h2-8H,1H3,(H,21,22);1-2H3. The number of aromatic amines is 1. The average molecular weight is 422 g/mol. The summed E-state index contributed by atoms with van der Waals surface area (Å²) in [5, 5.41) is 1.26. The monoisotopic (exact) mass is 421 g/mol. The van der Waals surface area contributed by atoms with Crippen LogP contribution in [0.1, 0.15) is 13.8 Å². The number of nitrogens with one attached hydrogen (secondary N) is 1. The molecule has 2 aromatic carbocycles. The molecule has 1 unspecified atom stereocenters. The van der Waals surface area contributed by atoms with Crippen molar-refractivity contribution in [3.05, 3.63) is 62.9 Å². The maximum absolute atomic E-state index is 12.4. The summed E-state index contributed by atoms with van der Waals surface area (Å²) in [6, 6.07) is 12.3. The van der Waals surface area contributed by atoms with Crippen LogP contribution in [0, 0.1) is 0 Å². The Bertz CT molecular complexity index is 1230. The van der Waals surface area contributed by atoms with E-state index in [2.05, 4.69) is 4.98 Å². The van der Waals surface area contributed by atoms with E-state index in [1.165, 1.54) is 0 Å². The highest BCUT2D eigenvalue weighted by Crippen LogP contribution is 2.38. The molecular weight excluding hydrogens is 405 g/mol. The highest BCUT2D eigenvalue weighted by molar-refractivity contribution is 7.84. The fraction of sp³-hybridized carbons (Fsp3) is 0.150. The van der Waals surface area contributed by atoms with Gasteiger partial charge in [-0.2, -0.15) is 0 Å². The van der Waals surface area contributed by atoms with Gasteiger partial charge in [-0.05, 0) is 35.9 Å². The number of furan rings is 1. The third-order valence-electron chi connectivity index (χ3n) is 3.99. The fourth-order valence-corrected chi connectivity index (χ4v) is 3.82. The van der Waals surface area contributed by atoms with Crippen molar-refractivity contribution in [3.8, 4) is 11.1 Å². The Morgan fingerprint density at radius 2 is 1.81 bits per heavy atom. The first-order valence-electron chi connectivity index (χ1n) is 8.33. The number of aromatic nitrogens is 1. The molecule has 0 fully saturated rings. The van der Waals surface area contributed by atoms with Gasteiger partial charge in [0, 0.05) is 32.4 Å². The molecule has 0 radical (unpaired) electrons. The van der Waals surface area contributed by atoms with Crippen molar-refractivity contribution in [2.75, 3.05) is 6.26 Å². The number of fused-ring (bicyclic) bond motifs is 3. The molecule has 140 valence electrons. The molecule has 0 aliphatic carbocycles. The number of hydrogen-bond donors (Lipinski definition) is 1. The van der Waals surface area contributed by atoms with Crippen LogP contribution in [0.25, 0.3) is 33.2 Å². The molecule has 0 amide bonds. The average Bonchev–Trinajstić information content (AvgIpc) is 3.01. The number of pyridine rings is 1. The number of hydrogen-bond acceptors (Lipinski definition) is 3. The van der Waals surface area contributed by atoms with Crippen LogP contribution in [0.5, 0.6) is 0 Å². The molecule has 1 atom stereocenters. The van der Waals surface area contributed by atoms with E-state index < -0.39 is 16.4 Å². The van der Waals surface area contributed by atoms with E-state index in [4.69, 9.17) is 27.6 Å². The van der Waals surface area contributed by atoms with E-state index in [0.29, 0.717) is 43.1 Å². The number of H-pyrrole nitrogens is 1. The van der Waals surface area contributed by atoms with Crippen molar-refractivity contribution in [2.45, 2.75) is 18.7 Å². The lowest BCUT2D eigenvalue weighted by atomic mass is 10.1. The first-order valence-corrected chi connectivity index (χ1v) is 10.6. The zero-order valence-electron chi connectivity index (χ0n) is 14.9. The second-order valence-electron chi connectivity index (χ2n) is 5.57. The van der Waals surface area contributed by atoms with E-state index in [1.807, 2.05) is 13.8 Å². The zero-order valence-corrected chi connectivity index (χ0v) is 17.3. The molecule has 0 aliphatic heterocycles. The van der Waals surface area contributed by atoms with Crippen LogP contribution in [0.2, 0.25) is 10.0 Å². The number of benzene rings is 2. The minimum Gasteiger partial charge on any atom is -0.454 e. The molecule has 4 nitrogen and oxygen atoms in total. The number of halogens is 2. The minimum absolute atomic E-state index is 0.0247. The van der Waals surface area contributed by atoms with Gasteiger partial charge in [-0.1, -0.05) is 49.2 Å². The first kappa shape index (κ1) is 19.7. The van der Waals surface area contributed by atoms with Crippen molar-refractivity contribution in [1.29, 1.82) is 0 Å². The summed E-state index contributed by atoms with van der Waals surface area (Å²) in [7, 11) is -1.15. The maximum atomic E-state index is 12.4. The van der Waals surface area contributed by atoms with Crippen LogP contribution >= 0.6 is 23.2 Å². The van der Waals surface area contributed by atoms with E-state index in [0.717, 1.165) is 0 Å². The van der Waals surface area contributed by atoms with Crippen molar-refractivity contribution in [3.63, 3.8) is 0 Å². The Balaban J connectivity index is 0.00000102. The van der Waals surface area contributed by atoms with Gasteiger partial charge in [0.05, 0.1) is 11.1 Å². The lowest BCUT2D eigenvalue weighted by molar-refractivity contribution is 0.669. The van der Waals surface area contributed by atoms with Crippen LogP contribution in [0.3, 0.4) is 0 Å². The molecule has 4 aromatic rings. The van der Waals surface area contributed by atoms with Gasteiger partial charge in [0.15, 0.2) is 5.58 Å². The Morgan fingerprint density at radius 3 is 2.52 bits per heavy atom. The largest absolute Gasteiger partial charge is 0.454 e. The van der Waals surface area contributed by atoms with Crippen LogP contribution in [-0.2, 0) is 10.8 Å². The molecule has 0 bridgehead atoms. The van der Waals surface area contributed by atoms with Gasteiger partial charge in [-0.25, -0.2) is 0 Å². The summed E-state index contributed by atoms with van der Waals surface area (Å²) >= 11 is 12.4. The molecule has 2 heterocycles. The lowest BCUT2D eigenvalue weighted by Gasteiger charge is -2.06. The van der Waals surface area contributed by atoms with Crippen LogP contribution in [0.15, 0.2) is 56.6 Å². The van der Waals surface area contributed by atoms with Crippen molar-refractivity contribution in [1.82, 2.24) is 4.98 Å². The van der Waals surface area contributed by atoms with Crippen LogP contribution in [0.4, 0.5) is 0 Å². The van der Waals surface area contributed by atoms with Crippen molar-refractivity contribution < 1.29 is 8.63 Å². The topological polar surface area (TPSA) is 63.1 Å². The summed E-state index contributed by atoms with van der Waals surface area (Å²) < 4.78 is 17.7. The normalized spacial score (nSPS) is 12.0. The summed E-state index contributed by atoms with van der Waals surface area (Å²) in [5.74, 6) is 0. The molecule has 7 heteroatoms. The molecule has 1 N–H and O–H groups in total. The van der Waals surface area contributed by atoms with Crippen LogP contribution < -0.4 is 5.56 Å². The highest BCUT2D eigenvalue weighted by atomic mass is 35.5. The SMILES string of the molecule is CC.CS(=O)c1cccc(-c2c(Cl)c(=O)[nH]c3c2oc2ccc(Cl)cc23)c1. The van der Waals surface area contributed by atoms with Gasteiger partial charge < -0.3 is 9.40 Å². The summed E-state index contributed by atoms with van der Waals surface area (Å²) in [4.78, 5) is 15.7. The van der Waals surface area contributed by atoms with E-state index in [9.17, 15) is 9.00 Å². The highest BCUT2D eigenvalue weighted by Gasteiger charge is 2.19. The molecule has 4 rings (SSSR count). The Morgan fingerprint density at radius 1 is 1.07 bits per heavy atom. The lowest BCUT2D eigenvalue weighted by Crippen LogP contribution is -2.07. The van der Waals surface area contributed by atoms with Gasteiger partial charge in [0.25, 0.3) is 5.56 Å². The van der Waals surface area contributed by atoms with Gasteiger partial charge in [-0.3, -0.25) is 9.00 Å². The quantitative estimate of drug-likeness (QED) is 0.430. The predicted molar refractivity (Wildman–Crippen MR) is 113 cm³/mol. The smallest absolute Gasteiger partial charge is 0.268 e. The van der Waals surface area contributed by atoms with Crippen molar-refractivity contribution in [2.24, 2.45) is 0 Å². The van der Waals surface area contributed by atoms with E-state index in [1.54, 1.807) is 48.7 Å². The Labute approximate surface area is 168 Å². The molecule has 27 heavy (non-hydrogen) atoms. The van der Waals surface area contributed by atoms with E-state index >= 15 is 0 Å². The summed E-state index contributed by atoms with van der Waals surface area (Å²) in [6.45, 7) is 4.00. The van der Waals surface area contributed by atoms with Gasteiger partial charge in [-0.15, -0.1) is 0 Å². The summed E-state index contributed by atoms with van der Waals surface area (Å²) in [6.07, 6.45) is 1.59. The Hall–Kier alpha value is -2.08. The predicted octanol–water partition coefficient (Wildman–Crippen LogP) is 6.01. The fourth-order valence-electron chi connectivity index (χ4n) is 2.84. The zero-order chi connectivity index (χ0) is 19.7. The Kier molecular flexibility index (Phi) is 5.75. The second-order valence-corrected chi connectivity index (χ2v) is 7.77. The van der Waals surface area contributed by atoms with Crippen LogP contribution in [-0.4, -0.2) is 15.4 Å². The second kappa shape index (κ2) is 7.89. The van der Waals surface area contributed by atoms with Gasteiger partial charge in [0.1, 0.15) is 10.6 Å². The molecule has 0 saturated carbocycles. The molecule has 0 saturated heterocycles. The molecule has 0 aliphatic rings. The molecule has 0 spiro atoms. The molecular formula is C20H17Cl2NO3S. The van der Waals surface area contributed by atoms with Crippen molar-refractivity contribution >= 4 is 56.1 Å².